The van der Waals surface area contributed by atoms with Crippen LogP contribution < -0.4 is 10.3 Å². The Kier molecular flexibility index (Phi) is 2.73. The zero-order valence-corrected chi connectivity index (χ0v) is 7.73. The van der Waals surface area contributed by atoms with Crippen LogP contribution in [0.15, 0.2) is 34.1 Å². The van der Waals surface area contributed by atoms with E-state index in [2.05, 4.69) is 0 Å². The molecular formula is C6H8N2O2S2. The van der Waals surface area contributed by atoms with Gasteiger partial charge in [0.15, 0.2) is 0 Å². The molecule has 1 aromatic carbocycles. The van der Waals surface area contributed by atoms with E-state index in [1.165, 1.54) is 12.1 Å². The average Bonchev–Trinajstić information content (AvgIpc) is 2.03. The highest BCUT2D eigenvalue weighted by atomic mass is 32.2. The predicted octanol–water partition coefficient (Wildman–Crippen LogP) is 0.300. The monoisotopic (exact) mass is 204 g/mol. The zero-order valence-electron chi connectivity index (χ0n) is 6.10. The first-order valence-corrected chi connectivity index (χ1v) is 5.46. The highest BCUT2D eigenvalue weighted by Gasteiger charge is 2.05. The molecule has 0 aromatic heterocycles. The van der Waals surface area contributed by atoms with Crippen LogP contribution in [0.1, 0.15) is 0 Å². The molecule has 12 heavy (non-hydrogen) atoms. The van der Waals surface area contributed by atoms with Gasteiger partial charge in [-0.3, -0.25) is 5.14 Å². The van der Waals surface area contributed by atoms with E-state index in [0.29, 0.717) is 0 Å². The van der Waals surface area contributed by atoms with Crippen molar-refractivity contribution in [3.63, 3.8) is 0 Å². The number of nitrogens with two attached hydrogens (primary N) is 2. The minimum absolute atomic E-state index is 0.0975. The molecule has 0 saturated carbocycles. The highest BCUT2D eigenvalue weighted by Crippen LogP contribution is 2.14. The van der Waals surface area contributed by atoms with Gasteiger partial charge in [0, 0.05) is 4.90 Å². The summed E-state index contributed by atoms with van der Waals surface area (Å²) in [6, 6.07) is 6.05. The number of primary sulfonamides is 1. The van der Waals surface area contributed by atoms with Crippen molar-refractivity contribution < 1.29 is 8.42 Å². The fourth-order valence-electron chi connectivity index (χ4n) is 0.708. The summed E-state index contributed by atoms with van der Waals surface area (Å²) in [6.07, 6.45) is 0. The van der Waals surface area contributed by atoms with Crippen molar-refractivity contribution in [3.8, 4) is 0 Å². The smallest absolute Gasteiger partial charge is 0.238 e. The molecule has 0 saturated heterocycles. The van der Waals surface area contributed by atoms with Crippen LogP contribution in [0.3, 0.4) is 0 Å². The van der Waals surface area contributed by atoms with Gasteiger partial charge in [-0.1, -0.05) is 0 Å². The highest BCUT2D eigenvalue weighted by molar-refractivity contribution is 7.97. The molecule has 0 aliphatic rings. The van der Waals surface area contributed by atoms with Gasteiger partial charge in [-0.2, -0.15) is 0 Å². The molecule has 0 spiro atoms. The second-order valence-electron chi connectivity index (χ2n) is 2.13. The van der Waals surface area contributed by atoms with Crippen molar-refractivity contribution in [1.82, 2.24) is 0 Å². The van der Waals surface area contributed by atoms with Crippen LogP contribution in [0.4, 0.5) is 0 Å². The largest absolute Gasteiger partial charge is 0.274 e. The minimum Gasteiger partial charge on any atom is -0.274 e. The van der Waals surface area contributed by atoms with Crippen LogP contribution >= 0.6 is 11.9 Å². The third-order valence-electron chi connectivity index (χ3n) is 1.29. The van der Waals surface area contributed by atoms with Gasteiger partial charge in [0.25, 0.3) is 0 Å². The van der Waals surface area contributed by atoms with E-state index in [0.717, 1.165) is 16.8 Å². The lowest BCUT2D eigenvalue weighted by molar-refractivity contribution is 0.597. The number of rotatable bonds is 2. The summed E-state index contributed by atoms with van der Waals surface area (Å²) in [5, 5.41) is 10.1. The van der Waals surface area contributed by atoms with Gasteiger partial charge in [0.2, 0.25) is 10.0 Å². The topological polar surface area (TPSA) is 86.2 Å². The Morgan fingerprint density at radius 1 is 1.17 bits per heavy atom. The Hall–Kier alpha value is -0.560. The van der Waals surface area contributed by atoms with E-state index < -0.39 is 10.0 Å². The van der Waals surface area contributed by atoms with Crippen LogP contribution in [-0.2, 0) is 10.0 Å². The van der Waals surface area contributed by atoms with Crippen LogP contribution in [0.5, 0.6) is 0 Å². The van der Waals surface area contributed by atoms with Crippen molar-refractivity contribution >= 4 is 22.0 Å². The standard InChI is InChI=1S/C6H8N2O2S2/c7-11-5-1-3-6(4-2-5)12(8,9)10/h1-4H,7H2,(H2,8,9,10). The molecule has 0 fully saturated rings. The molecule has 0 atom stereocenters. The number of hydrogen-bond acceptors (Lipinski definition) is 4. The van der Waals surface area contributed by atoms with Crippen molar-refractivity contribution in [3.05, 3.63) is 24.3 Å². The Morgan fingerprint density at radius 2 is 1.67 bits per heavy atom. The van der Waals surface area contributed by atoms with E-state index in [1.807, 2.05) is 0 Å². The van der Waals surface area contributed by atoms with Gasteiger partial charge in [0.1, 0.15) is 0 Å². The molecule has 4 nitrogen and oxygen atoms in total. The Labute approximate surface area is 75.1 Å². The molecule has 1 rings (SSSR count). The molecule has 0 aliphatic carbocycles. The Bertz CT molecular complexity index is 358. The van der Waals surface area contributed by atoms with Crippen molar-refractivity contribution in [2.24, 2.45) is 10.3 Å². The first-order valence-electron chi connectivity index (χ1n) is 3.03. The molecule has 6 heteroatoms. The molecule has 0 radical (unpaired) electrons. The lowest BCUT2D eigenvalue weighted by atomic mass is 10.4. The summed E-state index contributed by atoms with van der Waals surface area (Å²) in [5.74, 6) is 0. The maximum Gasteiger partial charge on any atom is 0.238 e. The fourth-order valence-corrected chi connectivity index (χ4v) is 1.52. The Balaban J connectivity index is 3.09. The zero-order chi connectivity index (χ0) is 9.19. The Morgan fingerprint density at radius 3 is 2.00 bits per heavy atom. The van der Waals surface area contributed by atoms with Crippen LogP contribution in [0.25, 0.3) is 0 Å². The first-order chi connectivity index (χ1) is 5.54. The van der Waals surface area contributed by atoms with Gasteiger partial charge in [0.05, 0.1) is 4.90 Å². The molecule has 4 N–H and O–H groups in total. The fraction of sp³-hybridized carbons (Fsp3) is 0. The van der Waals surface area contributed by atoms with Crippen molar-refractivity contribution in [2.75, 3.05) is 0 Å². The maximum absolute atomic E-state index is 10.8. The number of hydrogen-bond donors (Lipinski definition) is 2. The second-order valence-corrected chi connectivity index (χ2v) is 4.40. The van der Waals surface area contributed by atoms with E-state index in [-0.39, 0.29) is 4.90 Å². The summed E-state index contributed by atoms with van der Waals surface area (Å²) in [4.78, 5) is 0.891. The molecule has 66 valence electrons. The van der Waals surface area contributed by atoms with Gasteiger partial charge < -0.3 is 0 Å². The van der Waals surface area contributed by atoms with Crippen LogP contribution in [0, 0.1) is 0 Å². The van der Waals surface area contributed by atoms with Crippen molar-refractivity contribution in [2.45, 2.75) is 9.79 Å². The molecule has 0 amide bonds. The molecule has 0 aliphatic heterocycles. The third-order valence-corrected chi connectivity index (χ3v) is 2.76. The van der Waals surface area contributed by atoms with E-state index in [1.54, 1.807) is 12.1 Å². The molecule has 1 aromatic rings. The summed E-state index contributed by atoms with van der Waals surface area (Å²) in [7, 11) is -3.58. The summed E-state index contributed by atoms with van der Waals surface area (Å²) >= 11 is 1.05. The molecule has 0 unspecified atom stereocenters. The number of benzene rings is 1. The quantitative estimate of drug-likeness (QED) is 0.678. The van der Waals surface area contributed by atoms with Gasteiger partial charge in [-0.25, -0.2) is 13.6 Å². The minimum atomic E-state index is -3.58. The third kappa shape index (κ3) is 2.21. The van der Waals surface area contributed by atoms with Crippen LogP contribution in [0.2, 0.25) is 0 Å². The lowest BCUT2D eigenvalue weighted by Crippen LogP contribution is -2.11. The van der Waals surface area contributed by atoms with Gasteiger partial charge >= 0.3 is 0 Å². The van der Waals surface area contributed by atoms with Crippen molar-refractivity contribution in [1.29, 1.82) is 0 Å². The van der Waals surface area contributed by atoms with E-state index in [4.69, 9.17) is 10.3 Å². The normalized spacial score (nSPS) is 11.5. The SMILES string of the molecule is NSc1ccc(S(N)(=O)=O)cc1. The lowest BCUT2D eigenvalue weighted by Gasteiger charge is -1.98. The van der Waals surface area contributed by atoms with E-state index >= 15 is 0 Å². The van der Waals surface area contributed by atoms with Gasteiger partial charge in [-0.15, -0.1) is 0 Å². The van der Waals surface area contributed by atoms with E-state index in [9.17, 15) is 8.42 Å². The van der Waals surface area contributed by atoms with Crippen LogP contribution in [-0.4, -0.2) is 8.42 Å². The molecular weight excluding hydrogens is 196 g/mol. The maximum atomic E-state index is 10.8. The summed E-state index contributed by atoms with van der Waals surface area (Å²) in [6.45, 7) is 0. The molecule has 0 bridgehead atoms. The second kappa shape index (κ2) is 3.44. The summed E-state index contributed by atoms with van der Waals surface area (Å²) < 4.78 is 21.5. The van der Waals surface area contributed by atoms with Gasteiger partial charge in [-0.05, 0) is 36.2 Å². The summed E-state index contributed by atoms with van der Waals surface area (Å²) in [5.41, 5.74) is 0. The molecule has 0 heterocycles. The number of sulfonamides is 1. The average molecular weight is 204 g/mol. The predicted molar refractivity (Wildman–Crippen MR) is 47.9 cm³/mol. The first kappa shape index (κ1) is 9.53.